The van der Waals surface area contributed by atoms with E-state index in [1.165, 1.54) is 13.3 Å². The highest BCUT2D eigenvalue weighted by molar-refractivity contribution is 9.10. The van der Waals surface area contributed by atoms with Crippen LogP contribution in [0.2, 0.25) is 5.02 Å². The molecule has 1 aromatic heterocycles. The third kappa shape index (κ3) is 4.85. The average molecular weight is 486 g/mol. The zero-order valence-corrected chi connectivity index (χ0v) is 17.1. The van der Waals surface area contributed by atoms with Gasteiger partial charge in [-0.25, -0.2) is 9.37 Å². The second-order valence-electron chi connectivity index (χ2n) is 5.66. The highest BCUT2D eigenvalue weighted by Crippen LogP contribution is 2.35. The molecule has 28 heavy (non-hydrogen) atoms. The maximum absolute atomic E-state index is 13.9. The quantitative estimate of drug-likeness (QED) is 0.565. The van der Waals surface area contributed by atoms with Crippen molar-refractivity contribution in [2.45, 2.75) is 26.1 Å². The molecule has 0 spiro atoms. The number of carbonyl (C=O) groups is 1. The zero-order valence-electron chi connectivity index (χ0n) is 14.7. The van der Waals surface area contributed by atoms with Crippen molar-refractivity contribution in [2.24, 2.45) is 0 Å². The van der Waals surface area contributed by atoms with E-state index in [1.807, 2.05) is 0 Å². The Balaban J connectivity index is 2.44. The topological polar surface area (TPSA) is 60.5 Å². The third-order valence-corrected chi connectivity index (χ3v) is 4.60. The fourth-order valence-electron chi connectivity index (χ4n) is 2.09. The van der Waals surface area contributed by atoms with Crippen LogP contribution in [0.25, 0.3) is 0 Å². The van der Waals surface area contributed by atoms with Crippen molar-refractivity contribution in [2.75, 3.05) is 12.4 Å². The molecule has 0 saturated carbocycles. The summed E-state index contributed by atoms with van der Waals surface area (Å²) < 4.78 is 62.1. The van der Waals surface area contributed by atoms with E-state index in [2.05, 4.69) is 26.2 Å². The summed E-state index contributed by atoms with van der Waals surface area (Å²) in [5, 5.41) is 2.42. The highest BCUT2D eigenvalue weighted by atomic mass is 79.9. The van der Waals surface area contributed by atoms with Gasteiger partial charge in [0, 0.05) is 6.20 Å². The summed E-state index contributed by atoms with van der Waals surface area (Å²) in [6, 6.07) is 1.72. The predicted octanol–water partition coefficient (Wildman–Crippen LogP) is 5.54. The molecule has 0 radical (unpaired) electrons. The van der Waals surface area contributed by atoms with Crippen molar-refractivity contribution < 1.29 is 31.8 Å². The molecule has 1 unspecified atom stereocenters. The first-order valence-electron chi connectivity index (χ1n) is 7.68. The maximum atomic E-state index is 13.9. The number of ether oxygens (including phenoxy) is 2. The number of aromatic nitrogens is 1. The zero-order chi connectivity index (χ0) is 21.2. The summed E-state index contributed by atoms with van der Waals surface area (Å²) in [6.07, 6.45) is -5.51. The fourth-order valence-corrected chi connectivity index (χ4v) is 2.74. The van der Waals surface area contributed by atoms with Gasteiger partial charge in [-0.15, -0.1) is 0 Å². The van der Waals surface area contributed by atoms with Crippen molar-refractivity contribution in [3.05, 3.63) is 44.8 Å². The largest absolute Gasteiger partial charge is 0.480 e. The van der Waals surface area contributed by atoms with Gasteiger partial charge in [-0.2, -0.15) is 13.2 Å². The monoisotopic (exact) mass is 484 g/mol. The SMILES string of the molecule is COc1ncc(C)c(NC(=O)c2cc(F)c(Br)cc2OC(C)C(F)(F)F)c1Cl. The van der Waals surface area contributed by atoms with Crippen LogP contribution in [-0.2, 0) is 0 Å². The Morgan fingerprint density at radius 2 is 2.00 bits per heavy atom. The number of aryl methyl sites for hydroxylation is 1. The van der Waals surface area contributed by atoms with Gasteiger partial charge in [0.15, 0.2) is 6.10 Å². The number of rotatable bonds is 5. The van der Waals surface area contributed by atoms with Crippen LogP contribution in [0.15, 0.2) is 22.8 Å². The number of amides is 1. The van der Waals surface area contributed by atoms with E-state index >= 15 is 0 Å². The van der Waals surface area contributed by atoms with E-state index in [-0.39, 0.29) is 21.1 Å². The number of nitrogens with one attached hydrogen (secondary N) is 1. The van der Waals surface area contributed by atoms with Crippen LogP contribution in [0.3, 0.4) is 0 Å². The molecule has 2 aromatic rings. The lowest BCUT2D eigenvalue weighted by Gasteiger charge is -2.20. The maximum Gasteiger partial charge on any atom is 0.425 e. The van der Waals surface area contributed by atoms with E-state index in [4.69, 9.17) is 21.1 Å². The summed E-state index contributed by atoms with van der Waals surface area (Å²) in [5.41, 5.74) is 0.141. The van der Waals surface area contributed by atoms with Crippen LogP contribution in [-0.4, -0.2) is 30.3 Å². The predicted molar refractivity (Wildman–Crippen MR) is 98.7 cm³/mol. The minimum atomic E-state index is -4.67. The average Bonchev–Trinajstić information content (AvgIpc) is 2.60. The second-order valence-corrected chi connectivity index (χ2v) is 6.89. The second kappa shape index (κ2) is 8.52. The molecule has 0 aliphatic rings. The molecule has 1 atom stereocenters. The van der Waals surface area contributed by atoms with E-state index in [0.29, 0.717) is 5.56 Å². The third-order valence-electron chi connectivity index (χ3n) is 3.64. The van der Waals surface area contributed by atoms with Gasteiger partial charge >= 0.3 is 6.18 Å². The van der Waals surface area contributed by atoms with Crippen LogP contribution in [0, 0.1) is 12.7 Å². The van der Waals surface area contributed by atoms with E-state index in [9.17, 15) is 22.4 Å². The van der Waals surface area contributed by atoms with Gasteiger partial charge < -0.3 is 14.8 Å². The number of pyridine rings is 1. The first kappa shape index (κ1) is 22.2. The molecule has 1 N–H and O–H groups in total. The van der Waals surface area contributed by atoms with Gasteiger partial charge in [-0.3, -0.25) is 4.79 Å². The molecule has 5 nitrogen and oxygen atoms in total. The number of anilines is 1. The molecule has 0 aliphatic carbocycles. The number of methoxy groups -OCH3 is 1. The lowest BCUT2D eigenvalue weighted by atomic mass is 10.1. The summed E-state index contributed by atoms with van der Waals surface area (Å²) in [5.74, 6) is -2.20. The Morgan fingerprint density at radius 3 is 2.57 bits per heavy atom. The van der Waals surface area contributed by atoms with Crippen molar-refractivity contribution in [1.29, 1.82) is 0 Å². The van der Waals surface area contributed by atoms with Gasteiger partial charge in [0.2, 0.25) is 5.88 Å². The van der Waals surface area contributed by atoms with Gasteiger partial charge in [0.25, 0.3) is 5.91 Å². The van der Waals surface area contributed by atoms with Crippen LogP contribution in [0.1, 0.15) is 22.8 Å². The first-order chi connectivity index (χ1) is 13.0. The van der Waals surface area contributed by atoms with E-state index < -0.39 is 35.3 Å². The molecule has 2 rings (SSSR count). The van der Waals surface area contributed by atoms with Crippen LogP contribution < -0.4 is 14.8 Å². The molecule has 0 fully saturated rings. The lowest BCUT2D eigenvalue weighted by molar-refractivity contribution is -0.189. The molecule has 152 valence electrons. The Bertz CT molecular complexity index is 909. The summed E-state index contributed by atoms with van der Waals surface area (Å²) in [4.78, 5) is 16.6. The van der Waals surface area contributed by atoms with Crippen molar-refractivity contribution >= 4 is 39.1 Å². The molecule has 0 aliphatic heterocycles. The van der Waals surface area contributed by atoms with Crippen LogP contribution in [0.5, 0.6) is 11.6 Å². The molecular formula is C17H14BrClF4N2O3. The van der Waals surface area contributed by atoms with Gasteiger partial charge in [0.05, 0.1) is 22.8 Å². The number of alkyl halides is 3. The summed E-state index contributed by atoms with van der Waals surface area (Å²) >= 11 is 8.99. The molecule has 0 bridgehead atoms. The minimum absolute atomic E-state index is 0.0143. The normalized spacial score (nSPS) is 12.5. The molecule has 1 heterocycles. The minimum Gasteiger partial charge on any atom is -0.480 e. The van der Waals surface area contributed by atoms with E-state index in [1.54, 1.807) is 6.92 Å². The number of carbonyl (C=O) groups excluding carboxylic acids is 1. The van der Waals surface area contributed by atoms with E-state index in [0.717, 1.165) is 19.1 Å². The van der Waals surface area contributed by atoms with Gasteiger partial charge in [-0.05, 0) is 47.5 Å². The van der Waals surface area contributed by atoms with Crippen molar-refractivity contribution in [3.8, 4) is 11.6 Å². The Hall–Kier alpha value is -2.07. The first-order valence-corrected chi connectivity index (χ1v) is 8.85. The van der Waals surface area contributed by atoms with Crippen molar-refractivity contribution in [1.82, 2.24) is 4.98 Å². The number of nitrogens with zero attached hydrogens (tertiary/aromatic N) is 1. The van der Waals surface area contributed by atoms with Gasteiger partial charge in [0.1, 0.15) is 16.6 Å². The van der Waals surface area contributed by atoms with Crippen LogP contribution in [0.4, 0.5) is 23.2 Å². The van der Waals surface area contributed by atoms with Gasteiger partial charge in [-0.1, -0.05) is 11.6 Å². The van der Waals surface area contributed by atoms with Crippen molar-refractivity contribution in [3.63, 3.8) is 0 Å². The number of benzene rings is 1. The standard InChI is InChI=1S/C17H14BrClF4N2O3/c1-7-6-24-16(27-3)13(19)14(7)25-15(26)9-4-11(20)10(18)5-12(9)28-8(2)17(21,22)23/h4-6,8H,1-3H3,(H,24,25,26). The number of hydrogen-bond acceptors (Lipinski definition) is 4. The van der Waals surface area contributed by atoms with Crippen LogP contribution >= 0.6 is 27.5 Å². The number of hydrogen-bond donors (Lipinski definition) is 1. The molecule has 1 amide bonds. The molecule has 0 saturated heterocycles. The molecule has 1 aromatic carbocycles. The fraction of sp³-hybridized carbons (Fsp3) is 0.294. The highest BCUT2D eigenvalue weighted by Gasteiger charge is 2.38. The Labute approximate surface area is 171 Å². The number of halogens is 6. The lowest BCUT2D eigenvalue weighted by Crippen LogP contribution is -2.32. The summed E-state index contributed by atoms with van der Waals surface area (Å²) in [6.45, 7) is 2.37. The summed E-state index contributed by atoms with van der Waals surface area (Å²) in [7, 11) is 1.32. The smallest absolute Gasteiger partial charge is 0.425 e. The Morgan fingerprint density at radius 1 is 1.36 bits per heavy atom. The Kier molecular flexibility index (Phi) is 6.76. The molecule has 11 heteroatoms. The molecular weight excluding hydrogens is 472 g/mol.